The molecule has 3 rings (SSSR count). The lowest BCUT2D eigenvalue weighted by molar-refractivity contribution is 0.0729. The van der Waals surface area contributed by atoms with Crippen molar-refractivity contribution in [3.63, 3.8) is 0 Å². The molecule has 1 saturated heterocycles. The summed E-state index contributed by atoms with van der Waals surface area (Å²) in [6, 6.07) is 0. The van der Waals surface area contributed by atoms with Crippen molar-refractivity contribution in [2.45, 2.75) is 19.3 Å². The van der Waals surface area contributed by atoms with Crippen molar-refractivity contribution in [3.8, 4) is 10.6 Å². The van der Waals surface area contributed by atoms with Crippen molar-refractivity contribution >= 4 is 17.2 Å². The molecule has 1 fully saturated rings. The molecule has 0 radical (unpaired) electrons. The molecule has 2 aromatic rings. The largest absolute Gasteiger partial charge is 0.338 e. The molecule has 2 aromatic heterocycles. The minimum atomic E-state index is 0.0975. The first-order valence-electron chi connectivity index (χ1n) is 6.35. The van der Waals surface area contributed by atoms with Crippen LogP contribution < -0.4 is 0 Å². The van der Waals surface area contributed by atoms with Gasteiger partial charge in [-0.25, -0.2) is 15.0 Å². The van der Waals surface area contributed by atoms with Crippen LogP contribution in [0.3, 0.4) is 0 Å². The summed E-state index contributed by atoms with van der Waals surface area (Å²) in [5, 5.41) is 0.793. The predicted molar refractivity (Wildman–Crippen MR) is 72.9 cm³/mol. The fourth-order valence-electron chi connectivity index (χ4n) is 2.17. The van der Waals surface area contributed by atoms with Crippen LogP contribution in [-0.4, -0.2) is 38.8 Å². The van der Waals surface area contributed by atoms with Crippen LogP contribution in [-0.2, 0) is 0 Å². The number of hydrogen-bond acceptors (Lipinski definition) is 5. The number of piperidine rings is 1. The zero-order valence-electron chi connectivity index (χ0n) is 10.5. The van der Waals surface area contributed by atoms with E-state index in [2.05, 4.69) is 15.0 Å². The third-order valence-electron chi connectivity index (χ3n) is 3.17. The van der Waals surface area contributed by atoms with E-state index < -0.39 is 0 Å². The summed E-state index contributed by atoms with van der Waals surface area (Å²) in [5.41, 5.74) is 0.852. The van der Waals surface area contributed by atoms with Gasteiger partial charge >= 0.3 is 0 Å². The van der Waals surface area contributed by atoms with Crippen LogP contribution in [0.25, 0.3) is 10.6 Å². The number of nitrogens with zero attached hydrogens (tertiary/aromatic N) is 4. The van der Waals surface area contributed by atoms with Crippen LogP contribution in [0.5, 0.6) is 0 Å². The highest BCUT2D eigenvalue weighted by Crippen LogP contribution is 2.25. The predicted octanol–water partition coefficient (Wildman–Crippen LogP) is 2.23. The fraction of sp³-hybridized carbons (Fsp3) is 0.385. The minimum Gasteiger partial charge on any atom is -0.338 e. The molecule has 19 heavy (non-hydrogen) atoms. The first-order valence-corrected chi connectivity index (χ1v) is 7.17. The lowest BCUT2D eigenvalue weighted by Crippen LogP contribution is -2.35. The highest BCUT2D eigenvalue weighted by molar-refractivity contribution is 7.16. The number of thiazole rings is 1. The van der Waals surface area contributed by atoms with Crippen molar-refractivity contribution in [1.82, 2.24) is 19.9 Å². The first-order chi connectivity index (χ1) is 9.34. The Balaban J connectivity index is 1.79. The van der Waals surface area contributed by atoms with Gasteiger partial charge in [0, 0.05) is 31.0 Å². The number of carbonyl (C=O) groups excluding carboxylic acids is 1. The molecule has 0 aromatic carbocycles. The average Bonchev–Trinajstić information content (AvgIpc) is 2.98. The maximum Gasteiger partial charge on any atom is 0.265 e. The van der Waals surface area contributed by atoms with Gasteiger partial charge in [0.1, 0.15) is 16.2 Å². The highest BCUT2D eigenvalue weighted by Gasteiger charge is 2.20. The Morgan fingerprint density at radius 3 is 2.58 bits per heavy atom. The van der Waals surface area contributed by atoms with Crippen LogP contribution in [0.2, 0.25) is 0 Å². The van der Waals surface area contributed by atoms with E-state index in [1.807, 2.05) is 4.90 Å². The number of hydrogen-bond donors (Lipinski definition) is 0. The molecule has 3 heterocycles. The highest BCUT2D eigenvalue weighted by atomic mass is 32.1. The van der Waals surface area contributed by atoms with Crippen molar-refractivity contribution in [2.75, 3.05) is 13.1 Å². The summed E-state index contributed by atoms with van der Waals surface area (Å²) < 4.78 is 0. The van der Waals surface area contributed by atoms with Gasteiger partial charge in [0.05, 0.1) is 6.20 Å². The summed E-state index contributed by atoms with van der Waals surface area (Å²) >= 11 is 1.41. The zero-order valence-corrected chi connectivity index (χ0v) is 11.3. The molecule has 1 aliphatic rings. The van der Waals surface area contributed by atoms with Crippen LogP contribution in [0.4, 0.5) is 0 Å². The van der Waals surface area contributed by atoms with Crippen molar-refractivity contribution in [2.24, 2.45) is 0 Å². The van der Waals surface area contributed by atoms with E-state index in [-0.39, 0.29) is 5.91 Å². The second-order valence-electron chi connectivity index (χ2n) is 4.51. The van der Waals surface area contributed by atoms with E-state index in [0.29, 0.717) is 4.88 Å². The normalized spacial score (nSPS) is 15.5. The topological polar surface area (TPSA) is 59.0 Å². The Morgan fingerprint density at radius 2 is 1.84 bits per heavy atom. The molecule has 0 unspecified atom stereocenters. The monoisotopic (exact) mass is 274 g/mol. The van der Waals surface area contributed by atoms with E-state index in [0.717, 1.165) is 36.5 Å². The molecule has 6 heteroatoms. The number of likely N-dealkylation sites (tertiary alicyclic amines) is 1. The molecule has 1 amide bonds. The molecule has 0 N–H and O–H groups in total. The molecule has 0 atom stereocenters. The standard InChI is InChI=1S/C13H14N4OS/c18-13(17-4-2-1-3-5-17)11-8-16-12(19-11)10-6-14-9-15-7-10/h6-9H,1-5H2. The molecule has 0 saturated carbocycles. The third-order valence-corrected chi connectivity index (χ3v) is 4.20. The molecular formula is C13H14N4OS. The fourth-order valence-corrected chi connectivity index (χ4v) is 3.03. The minimum absolute atomic E-state index is 0.0975. The van der Waals surface area contributed by atoms with Crippen molar-refractivity contribution < 1.29 is 4.79 Å². The van der Waals surface area contributed by atoms with Crippen molar-refractivity contribution in [3.05, 3.63) is 29.8 Å². The van der Waals surface area contributed by atoms with Crippen LogP contribution in [0.15, 0.2) is 24.9 Å². The van der Waals surface area contributed by atoms with Gasteiger partial charge < -0.3 is 4.90 Å². The Labute approximate surface area is 115 Å². The lowest BCUT2D eigenvalue weighted by Gasteiger charge is -2.25. The van der Waals surface area contributed by atoms with Gasteiger partial charge in [-0.2, -0.15) is 0 Å². The van der Waals surface area contributed by atoms with Gasteiger partial charge in [0.15, 0.2) is 0 Å². The third kappa shape index (κ3) is 2.63. The number of amides is 1. The first kappa shape index (κ1) is 12.2. The Bertz CT molecular complexity index is 563. The molecule has 5 nitrogen and oxygen atoms in total. The molecule has 0 bridgehead atoms. The van der Waals surface area contributed by atoms with E-state index in [1.165, 1.54) is 24.1 Å². The Kier molecular flexibility index (Phi) is 3.50. The van der Waals surface area contributed by atoms with E-state index in [1.54, 1.807) is 18.6 Å². The maximum absolute atomic E-state index is 12.3. The van der Waals surface area contributed by atoms with E-state index >= 15 is 0 Å². The van der Waals surface area contributed by atoms with Crippen molar-refractivity contribution in [1.29, 1.82) is 0 Å². The summed E-state index contributed by atoms with van der Waals surface area (Å²) in [6.45, 7) is 1.72. The van der Waals surface area contributed by atoms with Gasteiger partial charge in [-0.1, -0.05) is 0 Å². The smallest absolute Gasteiger partial charge is 0.265 e. The SMILES string of the molecule is O=C(c1cnc(-c2cncnc2)s1)N1CCCCC1. The average molecular weight is 274 g/mol. The number of rotatable bonds is 2. The molecular weight excluding hydrogens is 260 g/mol. The van der Waals surface area contributed by atoms with Gasteiger partial charge in [0.25, 0.3) is 5.91 Å². The molecule has 0 spiro atoms. The summed E-state index contributed by atoms with van der Waals surface area (Å²) in [6.07, 6.45) is 9.98. The lowest BCUT2D eigenvalue weighted by atomic mass is 10.1. The Morgan fingerprint density at radius 1 is 1.11 bits per heavy atom. The van der Waals surface area contributed by atoms with Crippen LogP contribution in [0, 0.1) is 0 Å². The molecule has 0 aliphatic carbocycles. The van der Waals surface area contributed by atoms with Gasteiger partial charge in [-0.05, 0) is 19.3 Å². The van der Waals surface area contributed by atoms with Crippen LogP contribution in [0.1, 0.15) is 28.9 Å². The number of carbonyl (C=O) groups is 1. The summed E-state index contributed by atoms with van der Waals surface area (Å²) in [4.78, 5) is 27.1. The summed E-state index contributed by atoms with van der Waals surface area (Å²) in [5.74, 6) is 0.0975. The molecule has 1 aliphatic heterocycles. The van der Waals surface area contributed by atoms with Gasteiger partial charge in [0.2, 0.25) is 0 Å². The zero-order chi connectivity index (χ0) is 13.1. The molecule has 98 valence electrons. The second kappa shape index (κ2) is 5.44. The van der Waals surface area contributed by atoms with E-state index in [9.17, 15) is 4.79 Å². The van der Waals surface area contributed by atoms with Gasteiger partial charge in [-0.15, -0.1) is 11.3 Å². The quantitative estimate of drug-likeness (QED) is 0.842. The van der Waals surface area contributed by atoms with E-state index in [4.69, 9.17) is 0 Å². The second-order valence-corrected chi connectivity index (χ2v) is 5.54. The Hall–Kier alpha value is -1.82. The number of aromatic nitrogens is 3. The summed E-state index contributed by atoms with van der Waals surface area (Å²) in [7, 11) is 0. The van der Waals surface area contributed by atoms with Crippen LogP contribution >= 0.6 is 11.3 Å². The van der Waals surface area contributed by atoms with Gasteiger partial charge in [-0.3, -0.25) is 4.79 Å². The maximum atomic E-state index is 12.3.